The molecule has 2 fully saturated rings. The van der Waals surface area contributed by atoms with Crippen LogP contribution in [0.2, 0.25) is 0 Å². The quantitative estimate of drug-likeness (QED) is 0.290. The molecule has 0 N–H and O–H groups in total. The smallest absolute Gasteiger partial charge is 0.227 e. The fourth-order valence-corrected chi connectivity index (χ4v) is 7.11. The summed E-state index contributed by atoms with van der Waals surface area (Å²) in [7, 11) is 0. The summed E-state index contributed by atoms with van der Waals surface area (Å²) in [6.45, 7) is 7.35. The summed E-state index contributed by atoms with van der Waals surface area (Å²) in [5, 5.41) is 1.57. The van der Waals surface area contributed by atoms with Gasteiger partial charge in [0.25, 0.3) is 0 Å². The Morgan fingerprint density at radius 3 is 2.64 bits per heavy atom. The van der Waals surface area contributed by atoms with E-state index in [-0.39, 0.29) is 28.2 Å². The summed E-state index contributed by atoms with van der Waals surface area (Å²) in [4.78, 5) is 8.89. The van der Waals surface area contributed by atoms with E-state index in [9.17, 15) is 2.74 Å². The minimum absolute atomic E-state index is 0.00614. The third-order valence-corrected chi connectivity index (χ3v) is 9.39. The number of hydrogen-bond donors (Lipinski definition) is 0. The molecule has 0 amide bonds. The van der Waals surface area contributed by atoms with Crippen LogP contribution in [0.25, 0.3) is 33.3 Å². The third kappa shape index (κ3) is 4.05. The second-order valence-electron chi connectivity index (χ2n) is 12.7. The van der Waals surface area contributed by atoms with E-state index in [0.717, 1.165) is 42.0 Å². The van der Waals surface area contributed by atoms with Crippen molar-refractivity contribution in [2.75, 3.05) is 0 Å². The summed E-state index contributed by atoms with van der Waals surface area (Å²) >= 11 is 0. The number of aromatic nitrogens is 2. The Hall–Kier alpha value is -2.68. The first-order valence-corrected chi connectivity index (χ1v) is 13.4. The van der Waals surface area contributed by atoms with Gasteiger partial charge in [0.2, 0.25) is 5.71 Å². The normalized spacial score (nSPS) is 25.7. The lowest BCUT2D eigenvalue weighted by atomic mass is 9.47. The molecule has 0 unspecified atom stereocenters. The Balaban J connectivity index is 1.31. The van der Waals surface area contributed by atoms with Crippen molar-refractivity contribution in [1.29, 1.82) is 0 Å². The Kier molecular flexibility index (Phi) is 4.34. The van der Waals surface area contributed by atoms with Gasteiger partial charge in [0, 0.05) is 35.1 Å². The van der Waals surface area contributed by atoms with Crippen molar-refractivity contribution < 1.29 is 11.3 Å². The highest BCUT2D eigenvalue weighted by Crippen LogP contribution is 2.62. The lowest BCUT2D eigenvalue weighted by molar-refractivity contribution is -0.0753. The van der Waals surface area contributed by atoms with Crippen LogP contribution in [0.4, 0.5) is 0 Å². The second-order valence-corrected chi connectivity index (χ2v) is 12.7. The Morgan fingerprint density at radius 1 is 1.00 bits per heavy atom. The van der Waals surface area contributed by atoms with E-state index in [4.69, 9.17) is 8.53 Å². The van der Waals surface area contributed by atoms with Gasteiger partial charge in [0.1, 0.15) is 5.58 Å². The molecule has 2 aliphatic carbocycles. The fourth-order valence-electron chi connectivity index (χ4n) is 7.11. The summed E-state index contributed by atoms with van der Waals surface area (Å²) in [6, 6.07) is 12.7. The van der Waals surface area contributed by atoms with Gasteiger partial charge in [0.15, 0.2) is 0 Å². The Morgan fingerprint density at radius 2 is 1.83 bits per heavy atom. The van der Waals surface area contributed by atoms with Gasteiger partial charge in [-0.1, -0.05) is 39.8 Å². The standard InChI is InChI=1S/C33H40N2O/c1-22-9-10-26-25-7-6-8-27(29(25)36-30(26)35-22)28-20-24(13-18-34-28)19-23-11-14-33(15-12-23)21-31(2,3)16-17-32(33,4)5/h6-10,13,18,20,23H,11-12,14-17,19,21H2,1-5H3/i1D3,19D2. The predicted octanol–water partition coefficient (Wildman–Crippen LogP) is 9.31. The highest BCUT2D eigenvalue weighted by molar-refractivity contribution is 6.08. The van der Waals surface area contributed by atoms with Crippen LogP contribution in [0.3, 0.4) is 0 Å². The molecular weight excluding hydrogens is 440 g/mol. The molecule has 0 atom stereocenters. The van der Waals surface area contributed by atoms with Crippen LogP contribution in [0, 0.1) is 29.0 Å². The molecule has 3 heteroatoms. The van der Waals surface area contributed by atoms with Crippen LogP contribution in [0.1, 0.15) is 90.8 Å². The van der Waals surface area contributed by atoms with Crippen molar-refractivity contribution in [3.05, 3.63) is 59.9 Å². The summed E-state index contributed by atoms with van der Waals surface area (Å²) in [5.41, 5.74) is 3.78. The molecule has 0 aliphatic heterocycles. The van der Waals surface area contributed by atoms with Crippen LogP contribution in [0.15, 0.2) is 53.1 Å². The Bertz CT molecular complexity index is 1610. The average molecular weight is 486 g/mol. The molecule has 3 heterocycles. The maximum absolute atomic E-state index is 9.29. The number of hydrogen-bond acceptors (Lipinski definition) is 3. The van der Waals surface area contributed by atoms with E-state index in [2.05, 4.69) is 37.7 Å². The number of nitrogens with zero attached hydrogens (tertiary/aromatic N) is 2. The molecule has 0 radical (unpaired) electrons. The number of fused-ring (bicyclic) bond motifs is 3. The first-order valence-electron chi connectivity index (χ1n) is 15.9. The number of benzene rings is 1. The van der Waals surface area contributed by atoms with E-state index in [1.165, 1.54) is 25.3 Å². The second kappa shape index (κ2) is 8.43. The lowest BCUT2D eigenvalue weighted by Gasteiger charge is -2.58. The van der Waals surface area contributed by atoms with Crippen molar-refractivity contribution in [1.82, 2.24) is 9.97 Å². The van der Waals surface area contributed by atoms with Gasteiger partial charge in [-0.25, -0.2) is 4.98 Å². The summed E-state index contributed by atoms with van der Waals surface area (Å²) < 4.78 is 47.8. The minimum atomic E-state index is -2.32. The molecule has 2 aliphatic rings. The topological polar surface area (TPSA) is 38.9 Å². The van der Waals surface area contributed by atoms with Gasteiger partial charge in [-0.15, -0.1) is 0 Å². The molecule has 6 rings (SSSR count). The molecule has 3 nitrogen and oxygen atoms in total. The molecular formula is C33H40N2O. The van der Waals surface area contributed by atoms with Crippen LogP contribution >= 0.6 is 0 Å². The van der Waals surface area contributed by atoms with Crippen molar-refractivity contribution in [2.24, 2.45) is 22.2 Å². The summed E-state index contributed by atoms with van der Waals surface area (Å²) in [5.74, 6) is -0.0475. The number of aryl methyl sites for hydroxylation is 1. The van der Waals surface area contributed by atoms with Crippen LogP contribution in [-0.4, -0.2) is 9.97 Å². The van der Waals surface area contributed by atoms with Gasteiger partial charge in [-0.05, 0) is 116 Å². The third-order valence-electron chi connectivity index (χ3n) is 9.39. The molecule has 0 saturated heterocycles. The van der Waals surface area contributed by atoms with E-state index in [0.29, 0.717) is 22.3 Å². The van der Waals surface area contributed by atoms with Crippen molar-refractivity contribution in [3.8, 4) is 11.3 Å². The van der Waals surface area contributed by atoms with Gasteiger partial charge < -0.3 is 4.42 Å². The van der Waals surface area contributed by atoms with Crippen molar-refractivity contribution >= 4 is 22.1 Å². The van der Waals surface area contributed by atoms with Crippen LogP contribution in [-0.2, 0) is 6.37 Å². The maximum Gasteiger partial charge on any atom is 0.227 e. The Labute approximate surface area is 222 Å². The van der Waals surface area contributed by atoms with Gasteiger partial charge >= 0.3 is 0 Å². The van der Waals surface area contributed by atoms with E-state index < -0.39 is 13.2 Å². The first kappa shape index (κ1) is 18.5. The van der Waals surface area contributed by atoms with Crippen molar-refractivity contribution in [2.45, 2.75) is 85.9 Å². The number of para-hydroxylation sites is 1. The highest BCUT2D eigenvalue weighted by Gasteiger charge is 2.52. The molecule has 0 bridgehead atoms. The summed E-state index contributed by atoms with van der Waals surface area (Å²) in [6.07, 6.45) is 7.88. The molecule has 2 saturated carbocycles. The van der Waals surface area contributed by atoms with E-state index in [1.807, 2.05) is 30.3 Å². The molecule has 1 spiro atoms. The predicted molar refractivity (Wildman–Crippen MR) is 149 cm³/mol. The number of furan rings is 1. The maximum atomic E-state index is 9.29. The number of pyridine rings is 2. The molecule has 188 valence electrons. The zero-order valence-electron chi connectivity index (χ0n) is 26.9. The largest absolute Gasteiger partial charge is 0.437 e. The molecule has 4 aromatic rings. The van der Waals surface area contributed by atoms with Gasteiger partial charge in [-0.2, -0.15) is 0 Å². The van der Waals surface area contributed by atoms with E-state index >= 15 is 0 Å². The van der Waals surface area contributed by atoms with Crippen molar-refractivity contribution in [3.63, 3.8) is 0 Å². The SMILES string of the molecule is [2H]C([2H])([2H])c1ccc2c(n1)oc1c(-c3cc(C([2H])([2H])C4CCC5(CC4)CC(C)(C)CCC5(C)C)ccn3)cccc12. The molecule has 1 aromatic carbocycles. The number of rotatable bonds is 3. The highest BCUT2D eigenvalue weighted by atomic mass is 16.3. The molecule has 3 aromatic heterocycles. The average Bonchev–Trinajstić information content (AvgIpc) is 3.29. The van der Waals surface area contributed by atoms with Crippen LogP contribution in [0.5, 0.6) is 0 Å². The van der Waals surface area contributed by atoms with Gasteiger partial charge in [0.05, 0.1) is 5.69 Å². The van der Waals surface area contributed by atoms with Gasteiger partial charge in [-0.3, -0.25) is 4.98 Å². The minimum Gasteiger partial charge on any atom is -0.437 e. The lowest BCUT2D eigenvalue weighted by Crippen LogP contribution is -2.48. The zero-order valence-corrected chi connectivity index (χ0v) is 21.9. The zero-order chi connectivity index (χ0) is 29.4. The molecule has 36 heavy (non-hydrogen) atoms. The monoisotopic (exact) mass is 485 g/mol. The fraction of sp³-hybridized carbons (Fsp3) is 0.515. The first-order chi connectivity index (χ1) is 19.1. The van der Waals surface area contributed by atoms with E-state index in [1.54, 1.807) is 12.3 Å². The van der Waals surface area contributed by atoms with Crippen LogP contribution < -0.4 is 0 Å².